The van der Waals surface area contributed by atoms with E-state index in [9.17, 15) is 4.79 Å². The van der Waals surface area contributed by atoms with Crippen LogP contribution in [0.2, 0.25) is 5.02 Å². The van der Waals surface area contributed by atoms with Gasteiger partial charge in [0.2, 0.25) is 5.56 Å². The normalized spacial score (nSPS) is 10.9. The Labute approximate surface area is 143 Å². The lowest BCUT2D eigenvalue weighted by molar-refractivity contribution is 1.23. The Hall–Kier alpha value is -2.91. The molecule has 0 radical (unpaired) electrons. The minimum Gasteiger partial charge on any atom is -0.307 e. The van der Waals surface area contributed by atoms with Crippen molar-refractivity contribution in [2.45, 2.75) is 0 Å². The maximum absolute atomic E-state index is 11.6. The Balaban J connectivity index is 2.06. The van der Waals surface area contributed by atoms with Crippen LogP contribution in [0.3, 0.4) is 0 Å². The van der Waals surface area contributed by atoms with Gasteiger partial charge in [-0.1, -0.05) is 54.1 Å². The Kier molecular flexibility index (Phi) is 3.63. The van der Waals surface area contributed by atoms with Crippen LogP contribution in [0.1, 0.15) is 0 Å². The molecule has 4 rings (SSSR count). The van der Waals surface area contributed by atoms with Gasteiger partial charge in [0.05, 0.1) is 5.69 Å². The zero-order valence-electron chi connectivity index (χ0n) is 12.7. The lowest BCUT2D eigenvalue weighted by atomic mass is 9.98. The fourth-order valence-corrected chi connectivity index (χ4v) is 2.96. The van der Waals surface area contributed by atoms with Crippen LogP contribution in [0.5, 0.6) is 0 Å². The molecule has 2 aromatic heterocycles. The fourth-order valence-electron chi connectivity index (χ4n) is 2.77. The van der Waals surface area contributed by atoms with Crippen LogP contribution in [0.25, 0.3) is 33.4 Å². The molecular formula is C20H13ClN2O. The van der Waals surface area contributed by atoms with Gasteiger partial charge in [0.15, 0.2) is 0 Å². The molecular weight excluding hydrogens is 320 g/mol. The first-order chi connectivity index (χ1) is 11.7. The number of fused-ring (bicyclic) bond motifs is 1. The van der Waals surface area contributed by atoms with Crippen LogP contribution < -0.4 is 5.56 Å². The van der Waals surface area contributed by atoms with E-state index in [1.54, 1.807) is 6.07 Å². The molecule has 0 amide bonds. The van der Waals surface area contributed by atoms with E-state index in [1.165, 1.54) is 6.07 Å². The third-order valence-corrected chi connectivity index (χ3v) is 4.13. The first-order valence-electron chi connectivity index (χ1n) is 7.56. The number of nitrogens with zero attached hydrogens (tertiary/aromatic N) is 1. The summed E-state index contributed by atoms with van der Waals surface area (Å²) in [6.45, 7) is 0. The van der Waals surface area contributed by atoms with Crippen molar-refractivity contribution in [1.29, 1.82) is 0 Å². The van der Waals surface area contributed by atoms with Crippen molar-refractivity contribution in [3.05, 3.63) is 88.2 Å². The SMILES string of the molecule is O=c1ccc2cc(-c3cccc(Cl)c3)c(-c3ccccc3)nc2[nH]1. The Morgan fingerprint density at radius 1 is 0.833 bits per heavy atom. The van der Waals surface area contributed by atoms with E-state index in [-0.39, 0.29) is 5.56 Å². The Bertz CT molecular complexity index is 1090. The van der Waals surface area contributed by atoms with Crippen molar-refractivity contribution < 1.29 is 0 Å². The van der Waals surface area contributed by atoms with E-state index in [2.05, 4.69) is 4.98 Å². The molecule has 4 aromatic rings. The van der Waals surface area contributed by atoms with Gasteiger partial charge in [-0.2, -0.15) is 0 Å². The molecule has 116 valence electrons. The van der Waals surface area contributed by atoms with Crippen molar-refractivity contribution in [2.24, 2.45) is 0 Å². The molecule has 0 saturated heterocycles. The standard InChI is InChI=1S/C20H13ClN2O/c21-16-8-4-7-14(11-16)17-12-15-9-10-18(24)22-20(15)23-19(17)13-5-2-1-3-6-13/h1-12H,(H,22,23,24). The first kappa shape index (κ1) is 14.7. The van der Waals surface area contributed by atoms with Crippen molar-refractivity contribution in [1.82, 2.24) is 9.97 Å². The second-order valence-corrected chi connectivity index (χ2v) is 5.96. The first-order valence-corrected chi connectivity index (χ1v) is 7.94. The average Bonchev–Trinajstić information content (AvgIpc) is 2.61. The number of hydrogen-bond acceptors (Lipinski definition) is 2. The molecule has 24 heavy (non-hydrogen) atoms. The molecule has 1 N–H and O–H groups in total. The van der Waals surface area contributed by atoms with Gasteiger partial charge in [0.1, 0.15) is 5.65 Å². The van der Waals surface area contributed by atoms with E-state index >= 15 is 0 Å². The van der Waals surface area contributed by atoms with Gasteiger partial charge in [-0.15, -0.1) is 0 Å². The number of pyridine rings is 2. The van der Waals surface area contributed by atoms with Gasteiger partial charge < -0.3 is 4.98 Å². The van der Waals surface area contributed by atoms with Crippen LogP contribution in [0, 0.1) is 0 Å². The summed E-state index contributed by atoms with van der Waals surface area (Å²) in [4.78, 5) is 19.1. The summed E-state index contributed by atoms with van der Waals surface area (Å²) in [6, 6.07) is 22.9. The summed E-state index contributed by atoms with van der Waals surface area (Å²) in [5, 5.41) is 1.55. The molecule has 4 heteroatoms. The molecule has 0 saturated carbocycles. The van der Waals surface area contributed by atoms with Gasteiger partial charge in [-0.25, -0.2) is 4.98 Å². The fraction of sp³-hybridized carbons (Fsp3) is 0. The highest BCUT2D eigenvalue weighted by atomic mass is 35.5. The predicted molar refractivity (Wildman–Crippen MR) is 98.2 cm³/mol. The number of aromatic amines is 1. The van der Waals surface area contributed by atoms with E-state index in [0.29, 0.717) is 10.7 Å². The summed E-state index contributed by atoms with van der Waals surface area (Å²) in [7, 11) is 0. The zero-order valence-corrected chi connectivity index (χ0v) is 13.4. The van der Waals surface area contributed by atoms with Crippen molar-refractivity contribution in [3.63, 3.8) is 0 Å². The Morgan fingerprint density at radius 2 is 1.62 bits per heavy atom. The molecule has 3 nitrogen and oxygen atoms in total. The highest BCUT2D eigenvalue weighted by Crippen LogP contribution is 2.33. The molecule has 0 bridgehead atoms. The van der Waals surface area contributed by atoms with Crippen LogP contribution >= 0.6 is 11.6 Å². The molecule has 0 atom stereocenters. The second kappa shape index (κ2) is 5.95. The van der Waals surface area contributed by atoms with E-state index in [0.717, 1.165) is 27.8 Å². The minimum atomic E-state index is -0.162. The lowest BCUT2D eigenvalue weighted by Crippen LogP contribution is -2.04. The zero-order chi connectivity index (χ0) is 16.5. The number of halogens is 1. The highest BCUT2D eigenvalue weighted by molar-refractivity contribution is 6.30. The van der Waals surface area contributed by atoms with E-state index in [4.69, 9.17) is 16.6 Å². The molecule has 0 aliphatic heterocycles. The molecule has 2 heterocycles. The van der Waals surface area contributed by atoms with Gasteiger partial charge >= 0.3 is 0 Å². The van der Waals surface area contributed by atoms with Gasteiger partial charge in [0, 0.05) is 27.6 Å². The van der Waals surface area contributed by atoms with Gasteiger partial charge in [-0.05, 0) is 29.8 Å². The van der Waals surface area contributed by atoms with E-state index < -0.39 is 0 Å². The molecule has 0 fully saturated rings. The van der Waals surface area contributed by atoms with Crippen molar-refractivity contribution in [3.8, 4) is 22.4 Å². The number of benzene rings is 2. The number of aromatic nitrogens is 2. The third kappa shape index (κ3) is 2.70. The number of H-pyrrole nitrogens is 1. The monoisotopic (exact) mass is 332 g/mol. The Morgan fingerprint density at radius 3 is 2.42 bits per heavy atom. The number of hydrogen-bond donors (Lipinski definition) is 1. The minimum absolute atomic E-state index is 0.162. The largest absolute Gasteiger partial charge is 0.307 e. The van der Waals surface area contributed by atoms with Crippen molar-refractivity contribution >= 4 is 22.6 Å². The van der Waals surface area contributed by atoms with Crippen LogP contribution in [0.15, 0.2) is 77.6 Å². The molecule has 2 aromatic carbocycles. The predicted octanol–water partition coefficient (Wildman–Crippen LogP) is 4.91. The third-order valence-electron chi connectivity index (χ3n) is 3.89. The summed E-state index contributed by atoms with van der Waals surface area (Å²) in [6.07, 6.45) is 0. The van der Waals surface area contributed by atoms with E-state index in [1.807, 2.05) is 60.7 Å². The smallest absolute Gasteiger partial charge is 0.249 e. The summed E-state index contributed by atoms with van der Waals surface area (Å²) >= 11 is 6.16. The maximum Gasteiger partial charge on any atom is 0.249 e. The summed E-state index contributed by atoms with van der Waals surface area (Å²) in [5.41, 5.74) is 4.17. The van der Waals surface area contributed by atoms with Crippen LogP contribution in [-0.2, 0) is 0 Å². The van der Waals surface area contributed by atoms with Gasteiger partial charge in [0.25, 0.3) is 0 Å². The molecule has 0 unspecified atom stereocenters. The summed E-state index contributed by atoms with van der Waals surface area (Å²) in [5.74, 6) is 0. The molecule has 0 spiro atoms. The molecule has 0 aliphatic rings. The average molecular weight is 333 g/mol. The topological polar surface area (TPSA) is 45.8 Å². The second-order valence-electron chi connectivity index (χ2n) is 5.52. The van der Waals surface area contributed by atoms with Gasteiger partial charge in [-0.3, -0.25) is 4.79 Å². The van der Waals surface area contributed by atoms with Crippen molar-refractivity contribution in [2.75, 3.05) is 0 Å². The summed E-state index contributed by atoms with van der Waals surface area (Å²) < 4.78 is 0. The number of nitrogens with one attached hydrogen (secondary N) is 1. The highest BCUT2D eigenvalue weighted by Gasteiger charge is 2.12. The van der Waals surface area contributed by atoms with Crippen LogP contribution in [0.4, 0.5) is 0 Å². The quantitative estimate of drug-likeness (QED) is 0.567. The number of rotatable bonds is 2. The molecule has 0 aliphatic carbocycles. The van der Waals surface area contributed by atoms with Crippen LogP contribution in [-0.4, -0.2) is 9.97 Å². The maximum atomic E-state index is 11.6. The lowest BCUT2D eigenvalue weighted by Gasteiger charge is -2.11.